The lowest BCUT2D eigenvalue weighted by Gasteiger charge is -2.36. The lowest BCUT2D eigenvalue weighted by atomic mass is 10.2. The molecule has 7 nitrogen and oxygen atoms in total. The summed E-state index contributed by atoms with van der Waals surface area (Å²) in [6.45, 7) is 11.2. The number of amides is 2. The minimum Gasteiger partial charge on any atom is -0.492 e. The van der Waals surface area contributed by atoms with Crippen molar-refractivity contribution in [1.82, 2.24) is 20.0 Å². The minimum absolute atomic E-state index is 0.0195. The van der Waals surface area contributed by atoms with Gasteiger partial charge in [-0.3, -0.25) is 4.68 Å². The van der Waals surface area contributed by atoms with E-state index in [9.17, 15) is 4.79 Å². The molecule has 1 N–H and O–H groups in total. The lowest BCUT2D eigenvalue weighted by Crippen LogP contribution is -2.52. The summed E-state index contributed by atoms with van der Waals surface area (Å²) in [5.74, 6) is 0.909. The summed E-state index contributed by atoms with van der Waals surface area (Å²) in [5, 5.41) is 7.49. The van der Waals surface area contributed by atoms with Crippen LogP contribution in [0.15, 0.2) is 30.3 Å². The molecule has 1 saturated heterocycles. The molecule has 1 aliphatic heterocycles. The lowest BCUT2D eigenvalue weighted by molar-refractivity contribution is 0.194. The molecule has 2 aromatic rings. The van der Waals surface area contributed by atoms with Gasteiger partial charge in [-0.25, -0.2) is 4.79 Å². The second-order valence-electron chi connectivity index (χ2n) is 7.11. The topological polar surface area (TPSA) is 62.6 Å². The van der Waals surface area contributed by atoms with Gasteiger partial charge in [-0.05, 0) is 45.4 Å². The number of aromatic nitrogens is 2. The highest BCUT2D eigenvalue weighted by Gasteiger charge is 2.22. The van der Waals surface area contributed by atoms with Crippen LogP contribution in [0.25, 0.3) is 0 Å². The normalized spacial score (nSPS) is 14.2. The van der Waals surface area contributed by atoms with Crippen molar-refractivity contribution in [2.45, 2.75) is 33.7 Å². The van der Waals surface area contributed by atoms with Gasteiger partial charge in [0.25, 0.3) is 0 Å². The smallest absolute Gasteiger partial charge is 0.317 e. The fourth-order valence-electron chi connectivity index (χ4n) is 3.58. The molecule has 1 fully saturated rings. The molecule has 0 unspecified atom stereocenters. The number of urea groups is 1. The Labute approximate surface area is 167 Å². The Morgan fingerprint density at radius 1 is 1.18 bits per heavy atom. The first-order valence-corrected chi connectivity index (χ1v) is 10.1. The van der Waals surface area contributed by atoms with Gasteiger partial charge in [0.1, 0.15) is 5.75 Å². The maximum atomic E-state index is 12.4. The Morgan fingerprint density at radius 2 is 1.93 bits per heavy atom. The van der Waals surface area contributed by atoms with Crippen LogP contribution in [0.1, 0.15) is 24.7 Å². The molecule has 7 heteroatoms. The van der Waals surface area contributed by atoms with Crippen molar-refractivity contribution in [2.75, 3.05) is 44.2 Å². The number of nitrogens with one attached hydrogen (secondary N) is 1. The molecule has 0 spiro atoms. The third-order valence-corrected chi connectivity index (χ3v) is 5.00. The van der Waals surface area contributed by atoms with Crippen LogP contribution < -0.4 is 15.0 Å². The highest BCUT2D eigenvalue weighted by molar-refractivity contribution is 5.74. The van der Waals surface area contributed by atoms with Crippen molar-refractivity contribution >= 4 is 11.7 Å². The Kier molecular flexibility index (Phi) is 6.79. The summed E-state index contributed by atoms with van der Waals surface area (Å²) < 4.78 is 7.73. The zero-order valence-corrected chi connectivity index (χ0v) is 17.1. The Bertz CT molecular complexity index is 781. The number of benzene rings is 1. The number of nitrogens with zero attached hydrogens (tertiary/aromatic N) is 4. The van der Waals surface area contributed by atoms with E-state index >= 15 is 0 Å². The monoisotopic (exact) mass is 385 g/mol. The third-order valence-electron chi connectivity index (χ3n) is 5.00. The van der Waals surface area contributed by atoms with Crippen molar-refractivity contribution in [3.8, 4) is 5.75 Å². The minimum atomic E-state index is 0.0195. The van der Waals surface area contributed by atoms with Gasteiger partial charge < -0.3 is 19.9 Å². The zero-order valence-electron chi connectivity index (χ0n) is 17.1. The van der Waals surface area contributed by atoms with Gasteiger partial charge in [0, 0.05) is 45.0 Å². The highest BCUT2D eigenvalue weighted by atomic mass is 16.5. The molecule has 0 bridgehead atoms. The van der Waals surface area contributed by atoms with Gasteiger partial charge in [0.05, 0.1) is 18.0 Å². The molecule has 2 amide bonds. The molecule has 152 valence electrons. The molecule has 1 aromatic carbocycles. The first-order chi connectivity index (χ1) is 13.6. The predicted molar refractivity (Wildman–Crippen MR) is 111 cm³/mol. The quantitative estimate of drug-likeness (QED) is 0.745. The van der Waals surface area contributed by atoms with E-state index in [0.717, 1.165) is 48.9 Å². The Balaban J connectivity index is 1.42. The predicted octanol–water partition coefficient (Wildman–Crippen LogP) is 2.82. The van der Waals surface area contributed by atoms with E-state index in [4.69, 9.17) is 4.74 Å². The van der Waals surface area contributed by atoms with Crippen LogP contribution in [-0.2, 0) is 6.54 Å². The standard InChI is InChI=1S/C21H31N5O2/c1-4-28-20-9-6-5-8-19(20)24-12-14-25(15-13-24)21(27)22-10-7-11-26-18(3)16-17(2)23-26/h5-6,8-9,16H,4,7,10-15H2,1-3H3,(H,22,27). The highest BCUT2D eigenvalue weighted by Crippen LogP contribution is 2.28. The van der Waals surface area contributed by atoms with Crippen molar-refractivity contribution in [3.05, 3.63) is 41.7 Å². The maximum absolute atomic E-state index is 12.4. The fourth-order valence-corrected chi connectivity index (χ4v) is 3.58. The molecule has 2 heterocycles. The molecule has 1 aromatic heterocycles. The van der Waals surface area contributed by atoms with Crippen molar-refractivity contribution in [2.24, 2.45) is 0 Å². The number of rotatable bonds is 7. The van der Waals surface area contributed by atoms with E-state index in [0.29, 0.717) is 26.2 Å². The first-order valence-electron chi connectivity index (χ1n) is 10.1. The van der Waals surface area contributed by atoms with E-state index in [1.54, 1.807) is 0 Å². The van der Waals surface area contributed by atoms with Crippen LogP contribution in [0.3, 0.4) is 0 Å². The van der Waals surface area contributed by atoms with E-state index in [1.165, 1.54) is 0 Å². The van der Waals surface area contributed by atoms with Gasteiger partial charge in [-0.15, -0.1) is 0 Å². The van der Waals surface area contributed by atoms with Crippen LogP contribution in [0.2, 0.25) is 0 Å². The van der Waals surface area contributed by atoms with Crippen molar-refractivity contribution in [3.63, 3.8) is 0 Å². The number of para-hydroxylation sites is 2. The average Bonchev–Trinajstić information content (AvgIpc) is 3.03. The number of aryl methyl sites for hydroxylation is 3. The van der Waals surface area contributed by atoms with Crippen LogP contribution in [-0.4, -0.2) is 60.0 Å². The summed E-state index contributed by atoms with van der Waals surface area (Å²) in [7, 11) is 0. The van der Waals surface area contributed by atoms with E-state index in [1.807, 2.05) is 41.6 Å². The summed E-state index contributed by atoms with van der Waals surface area (Å²) in [5.41, 5.74) is 3.30. The van der Waals surface area contributed by atoms with Gasteiger partial charge in [0.2, 0.25) is 0 Å². The van der Waals surface area contributed by atoms with Gasteiger partial charge in [-0.1, -0.05) is 12.1 Å². The maximum Gasteiger partial charge on any atom is 0.317 e. The second-order valence-corrected chi connectivity index (χ2v) is 7.11. The van der Waals surface area contributed by atoms with E-state index < -0.39 is 0 Å². The number of carbonyl (C=O) groups is 1. The van der Waals surface area contributed by atoms with Crippen LogP contribution in [0, 0.1) is 13.8 Å². The molecule has 0 atom stereocenters. The summed E-state index contributed by atoms with van der Waals surface area (Å²) >= 11 is 0. The number of carbonyl (C=O) groups excluding carboxylic acids is 1. The molecule has 0 saturated carbocycles. The van der Waals surface area contributed by atoms with Crippen LogP contribution >= 0.6 is 0 Å². The fraction of sp³-hybridized carbons (Fsp3) is 0.524. The molecule has 1 aliphatic rings. The number of piperazine rings is 1. The van der Waals surface area contributed by atoms with E-state index in [2.05, 4.69) is 34.4 Å². The molecule has 0 radical (unpaired) electrons. The van der Waals surface area contributed by atoms with Gasteiger partial charge in [-0.2, -0.15) is 5.10 Å². The van der Waals surface area contributed by atoms with Gasteiger partial charge in [0.15, 0.2) is 0 Å². The molecule has 0 aliphatic carbocycles. The number of anilines is 1. The van der Waals surface area contributed by atoms with Crippen LogP contribution in [0.5, 0.6) is 5.75 Å². The summed E-state index contributed by atoms with van der Waals surface area (Å²) in [4.78, 5) is 16.6. The zero-order chi connectivity index (χ0) is 19.9. The second kappa shape index (κ2) is 9.48. The first kappa shape index (κ1) is 20.0. The Morgan fingerprint density at radius 3 is 2.61 bits per heavy atom. The number of hydrogen-bond acceptors (Lipinski definition) is 4. The molecule has 3 rings (SSSR count). The number of hydrogen-bond donors (Lipinski definition) is 1. The van der Waals surface area contributed by atoms with Crippen molar-refractivity contribution in [1.29, 1.82) is 0 Å². The number of ether oxygens (including phenoxy) is 1. The third kappa shape index (κ3) is 4.97. The summed E-state index contributed by atoms with van der Waals surface area (Å²) in [6.07, 6.45) is 0.870. The largest absolute Gasteiger partial charge is 0.492 e. The van der Waals surface area contributed by atoms with Crippen molar-refractivity contribution < 1.29 is 9.53 Å². The SMILES string of the molecule is CCOc1ccccc1N1CCN(C(=O)NCCCn2nc(C)cc2C)CC1. The average molecular weight is 386 g/mol. The van der Waals surface area contributed by atoms with E-state index in [-0.39, 0.29) is 6.03 Å². The molecular weight excluding hydrogens is 354 g/mol. The molecule has 28 heavy (non-hydrogen) atoms. The Hall–Kier alpha value is -2.70. The van der Waals surface area contributed by atoms with Crippen LogP contribution in [0.4, 0.5) is 10.5 Å². The molecular formula is C21H31N5O2. The van der Waals surface area contributed by atoms with Gasteiger partial charge >= 0.3 is 6.03 Å². The summed E-state index contributed by atoms with van der Waals surface area (Å²) in [6, 6.07) is 10.2.